The van der Waals surface area contributed by atoms with Crippen LogP contribution in [0, 0.1) is 11.8 Å². The van der Waals surface area contributed by atoms with E-state index < -0.39 is 97.5 Å². The van der Waals surface area contributed by atoms with Gasteiger partial charge >= 0.3 is 39.5 Å². The number of unbranched alkanes of at least 4 members (excludes halogenated alkanes) is 59. The average molecular weight is 1610 g/mol. The molecule has 654 valence electrons. The van der Waals surface area contributed by atoms with E-state index in [4.69, 9.17) is 37.0 Å². The third-order valence-corrected chi connectivity index (χ3v) is 23.7. The van der Waals surface area contributed by atoms with Gasteiger partial charge in [-0.3, -0.25) is 37.3 Å². The summed E-state index contributed by atoms with van der Waals surface area (Å²) in [6, 6.07) is 0. The molecule has 6 atom stereocenters. The maximum Gasteiger partial charge on any atom is 0.472 e. The maximum absolute atomic E-state index is 13.2. The maximum atomic E-state index is 13.2. The van der Waals surface area contributed by atoms with E-state index in [0.717, 1.165) is 102 Å². The molecule has 0 aromatic heterocycles. The summed E-state index contributed by atoms with van der Waals surface area (Å²) in [6.45, 7) is 9.72. The van der Waals surface area contributed by atoms with E-state index >= 15 is 0 Å². The Hall–Kier alpha value is -1.94. The first-order chi connectivity index (χ1) is 53.4. The highest BCUT2D eigenvalue weighted by Gasteiger charge is 2.31. The molecule has 3 unspecified atom stereocenters. The third kappa shape index (κ3) is 82.6. The fourth-order valence-corrected chi connectivity index (χ4v) is 15.9. The number of ether oxygens (including phenoxy) is 4. The van der Waals surface area contributed by atoms with Gasteiger partial charge in [0.15, 0.2) is 12.2 Å². The van der Waals surface area contributed by atoms with Crippen molar-refractivity contribution in [2.75, 3.05) is 39.6 Å². The van der Waals surface area contributed by atoms with Gasteiger partial charge in [0.2, 0.25) is 0 Å². The second kappa shape index (κ2) is 82.2. The number of rotatable bonds is 90. The summed E-state index contributed by atoms with van der Waals surface area (Å²) in [4.78, 5) is 73.4. The van der Waals surface area contributed by atoms with Gasteiger partial charge in [0.25, 0.3) is 0 Å². The first-order valence-electron chi connectivity index (χ1n) is 47.0. The van der Waals surface area contributed by atoms with Crippen LogP contribution in [0.4, 0.5) is 0 Å². The van der Waals surface area contributed by atoms with Gasteiger partial charge < -0.3 is 33.8 Å². The van der Waals surface area contributed by atoms with E-state index in [9.17, 15) is 43.2 Å². The van der Waals surface area contributed by atoms with Crippen molar-refractivity contribution in [1.82, 2.24) is 0 Å². The Kier molecular flexibility index (Phi) is 80.7. The summed E-state index contributed by atoms with van der Waals surface area (Å²) < 4.78 is 69.1. The molecule has 0 amide bonds. The molecule has 0 fully saturated rings. The Morgan fingerprint density at radius 2 is 0.464 bits per heavy atom. The molecule has 110 heavy (non-hydrogen) atoms. The topological polar surface area (TPSA) is 237 Å². The summed E-state index contributed by atoms with van der Waals surface area (Å²) in [5.74, 6) is -0.526. The molecule has 0 aromatic rings. The quantitative estimate of drug-likeness (QED) is 0.0222. The van der Waals surface area contributed by atoms with E-state index in [-0.39, 0.29) is 25.7 Å². The second-order valence-corrected chi connectivity index (χ2v) is 36.3. The highest BCUT2D eigenvalue weighted by Crippen LogP contribution is 2.45. The lowest BCUT2D eigenvalue weighted by Gasteiger charge is -2.21. The highest BCUT2D eigenvalue weighted by molar-refractivity contribution is 7.47. The standard InChI is InChI=1S/C91H178O17P2/c1-7-10-12-14-16-18-20-22-24-26-28-29-30-32-34-36-41-45-49-57-63-69-75-90(95)107-86(79-101-88(93)73-67-61-55-48-44-40-35-33-31-27-25-23-21-19-17-15-13-11-8-2)81-105-109(97,98)103-77-85(92)78-104-110(99,100)106-82-87(80-102-89(94)74-68-62-56-52-51-53-59-65-71-83(4)5)108-91(96)76-70-64-58-50-46-42-38-37-39-43-47-54-60-66-72-84(6)9-3/h83-87,92H,7-82H2,1-6H3,(H,97,98)(H,99,100)/t84?,85-,86-,87-/m1/s1. The molecule has 0 radical (unpaired) electrons. The number of phosphoric ester groups is 2. The largest absolute Gasteiger partial charge is 0.472 e. The summed E-state index contributed by atoms with van der Waals surface area (Å²) in [7, 11) is -9.94. The van der Waals surface area contributed by atoms with E-state index in [1.165, 1.54) is 308 Å². The Bertz CT molecular complexity index is 2100. The zero-order chi connectivity index (χ0) is 80.6. The molecule has 0 saturated heterocycles. The third-order valence-electron chi connectivity index (χ3n) is 21.8. The minimum absolute atomic E-state index is 0.108. The van der Waals surface area contributed by atoms with Crippen molar-refractivity contribution in [3.05, 3.63) is 0 Å². The Balaban J connectivity index is 5.23. The number of carbonyl (C=O) groups is 4. The van der Waals surface area contributed by atoms with Crippen LogP contribution in [0.15, 0.2) is 0 Å². The molecule has 19 heteroatoms. The van der Waals surface area contributed by atoms with Gasteiger partial charge in [0.05, 0.1) is 26.4 Å². The lowest BCUT2D eigenvalue weighted by molar-refractivity contribution is -0.161. The van der Waals surface area contributed by atoms with Crippen LogP contribution in [-0.2, 0) is 65.4 Å². The Labute approximate surface area is 677 Å². The molecule has 0 spiro atoms. The van der Waals surface area contributed by atoms with Gasteiger partial charge in [-0.05, 0) is 37.5 Å². The van der Waals surface area contributed by atoms with Gasteiger partial charge in [-0.25, -0.2) is 9.13 Å². The second-order valence-electron chi connectivity index (χ2n) is 33.4. The number of carbonyl (C=O) groups excluding carboxylic acids is 4. The lowest BCUT2D eigenvalue weighted by Crippen LogP contribution is -2.30. The summed E-state index contributed by atoms with van der Waals surface area (Å²) in [5, 5.41) is 10.7. The predicted octanol–water partition coefficient (Wildman–Crippen LogP) is 28.2. The van der Waals surface area contributed by atoms with E-state index in [1.807, 2.05) is 0 Å². The monoisotopic (exact) mass is 1610 g/mol. The van der Waals surface area contributed by atoms with E-state index in [0.29, 0.717) is 25.7 Å². The number of phosphoric acid groups is 2. The highest BCUT2D eigenvalue weighted by atomic mass is 31.2. The summed E-state index contributed by atoms with van der Waals surface area (Å²) >= 11 is 0. The molecule has 0 aromatic carbocycles. The van der Waals surface area contributed by atoms with Crippen molar-refractivity contribution in [3.8, 4) is 0 Å². The average Bonchev–Trinajstić information content (AvgIpc) is 0.899. The molecule has 17 nitrogen and oxygen atoms in total. The lowest BCUT2D eigenvalue weighted by atomic mass is 9.99. The van der Waals surface area contributed by atoms with Crippen molar-refractivity contribution in [2.45, 2.75) is 509 Å². The fourth-order valence-electron chi connectivity index (χ4n) is 14.3. The van der Waals surface area contributed by atoms with Crippen LogP contribution in [0.1, 0.15) is 491 Å². The van der Waals surface area contributed by atoms with Crippen LogP contribution in [0.25, 0.3) is 0 Å². The molecule has 0 heterocycles. The number of esters is 4. The number of hydrogen-bond donors (Lipinski definition) is 3. The Morgan fingerprint density at radius 3 is 0.691 bits per heavy atom. The van der Waals surface area contributed by atoms with E-state index in [1.54, 1.807) is 0 Å². The number of aliphatic hydroxyl groups is 1. The summed E-state index contributed by atoms with van der Waals surface area (Å²) in [6.07, 6.45) is 76.5. The minimum atomic E-state index is -4.97. The zero-order valence-corrected chi connectivity index (χ0v) is 74.4. The SMILES string of the molecule is CCCCCCCCCCCCCCCCCCCCCCCCC(=O)O[C@H](COC(=O)CCCCCCCCCCCCCCCCCCCCC)COP(=O)(O)OC[C@@H](O)COP(=O)(O)OC[C@@H](COC(=O)CCCCCCCCCCC(C)C)OC(=O)CCCCCCCCCCCCCCCCC(C)CC. The van der Waals surface area contributed by atoms with Crippen LogP contribution in [0.2, 0.25) is 0 Å². The molecule has 3 N–H and O–H groups in total. The number of aliphatic hydroxyl groups excluding tert-OH is 1. The first-order valence-corrected chi connectivity index (χ1v) is 50.0. The van der Waals surface area contributed by atoms with Crippen molar-refractivity contribution >= 4 is 39.5 Å². The van der Waals surface area contributed by atoms with Crippen molar-refractivity contribution < 1.29 is 80.2 Å². The molecule has 0 rings (SSSR count). The molecule has 0 bridgehead atoms. The molecular formula is C91H178O17P2. The first kappa shape index (κ1) is 108. The Morgan fingerprint density at radius 1 is 0.264 bits per heavy atom. The fraction of sp³-hybridized carbons (Fsp3) is 0.956. The van der Waals surface area contributed by atoms with Crippen LogP contribution < -0.4 is 0 Å². The van der Waals surface area contributed by atoms with Gasteiger partial charge in [-0.1, -0.05) is 440 Å². The molecule has 0 aliphatic rings. The van der Waals surface area contributed by atoms with Crippen molar-refractivity contribution in [3.63, 3.8) is 0 Å². The van der Waals surface area contributed by atoms with Crippen LogP contribution in [0.5, 0.6) is 0 Å². The van der Waals surface area contributed by atoms with Crippen LogP contribution in [-0.4, -0.2) is 96.7 Å². The van der Waals surface area contributed by atoms with Gasteiger partial charge in [0.1, 0.15) is 19.3 Å². The normalized spacial score (nSPS) is 14.0. The van der Waals surface area contributed by atoms with Crippen LogP contribution in [0.3, 0.4) is 0 Å². The predicted molar refractivity (Wildman–Crippen MR) is 455 cm³/mol. The minimum Gasteiger partial charge on any atom is -0.462 e. The molecular weight excluding hydrogens is 1430 g/mol. The van der Waals surface area contributed by atoms with E-state index in [2.05, 4.69) is 41.5 Å². The molecule has 0 saturated carbocycles. The smallest absolute Gasteiger partial charge is 0.462 e. The van der Waals surface area contributed by atoms with Gasteiger partial charge in [0, 0.05) is 25.7 Å². The van der Waals surface area contributed by atoms with Crippen molar-refractivity contribution in [2.24, 2.45) is 11.8 Å². The van der Waals surface area contributed by atoms with Crippen LogP contribution >= 0.6 is 15.6 Å². The summed E-state index contributed by atoms with van der Waals surface area (Å²) in [5.41, 5.74) is 0. The van der Waals surface area contributed by atoms with Crippen molar-refractivity contribution in [1.29, 1.82) is 0 Å². The molecule has 0 aliphatic carbocycles. The number of hydrogen-bond acceptors (Lipinski definition) is 15. The van der Waals surface area contributed by atoms with Gasteiger partial charge in [-0.2, -0.15) is 0 Å². The van der Waals surface area contributed by atoms with Gasteiger partial charge in [-0.15, -0.1) is 0 Å². The zero-order valence-electron chi connectivity index (χ0n) is 72.6. The molecule has 0 aliphatic heterocycles.